The quantitative estimate of drug-likeness (QED) is 0.909. The number of methoxy groups -OCH3 is 1. The molecule has 19 heavy (non-hydrogen) atoms. The zero-order valence-electron chi connectivity index (χ0n) is 11.2. The van der Waals surface area contributed by atoms with Crippen LogP contribution in [0.4, 0.5) is 10.1 Å². The Bertz CT molecular complexity index is 459. The summed E-state index contributed by atoms with van der Waals surface area (Å²) in [5, 5.41) is 3.42. The Hall–Kier alpha value is -1.29. The molecule has 0 aromatic heterocycles. The fourth-order valence-electron chi connectivity index (χ4n) is 3.06. The third-order valence-electron chi connectivity index (χ3n) is 4.28. The van der Waals surface area contributed by atoms with Crippen molar-refractivity contribution < 1.29 is 13.9 Å². The van der Waals surface area contributed by atoms with Crippen molar-refractivity contribution in [2.45, 2.75) is 43.7 Å². The van der Waals surface area contributed by atoms with Gasteiger partial charge in [-0.2, -0.15) is 0 Å². The fraction of sp³-hybridized carbons (Fsp3) is 0.600. The number of halogens is 1. The van der Waals surface area contributed by atoms with Gasteiger partial charge in [0.2, 0.25) is 0 Å². The summed E-state index contributed by atoms with van der Waals surface area (Å²) in [5.74, 6) is -0.0362. The third-order valence-corrected chi connectivity index (χ3v) is 4.28. The zero-order chi connectivity index (χ0) is 13.3. The van der Waals surface area contributed by atoms with E-state index in [2.05, 4.69) is 5.32 Å². The Labute approximate surface area is 113 Å². The van der Waals surface area contributed by atoms with Crippen molar-refractivity contribution in [2.75, 3.05) is 19.0 Å². The minimum atomic E-state index is -0.321. The predicted octanol–water partition coefficient (Wildman–Crippen LogP) is 3.35. The van der Waals surface area contributed by atoms with Gasteiger partial charge in [-0.1, -0.05) is 0 Å². The van der Waals surface area contributed by atoms with Crippen LogP contribution in [0.2, 0.25) is 0 Å². The lowest BCUT2D eigenvalue weighted by atomic mass is 9.74. The van der Waals surface area contributed by atoms with Gasteiger partial charge in [0.25, 0.3) is 0 Å². The predicted molar refractivity (Wildman–Crippen MR) is 72.1 cm³/mol. The SMILES string of the molecule is COc1ccc(NC2CCOC3(CCC3)C2)cc1F. The number of nitrogens with one attached hydrogen (secondary N) is 1. The van der Waals surface area contributed by atoms with E-state index in [1.54, 1.807) is 6.07 Å². The summed E-state index contributed by atoms with van der Waals surface area (Å²) >= 11 is 0. The van der Waals surface area contributed by atoms with Crippen molar-refractivity contribution >= 4 is 5.69 Å². The van der Waals surface area contributed by atoms with Crippen LogP contribution in [0.25, 0.3) is 0 Å². The second-order valence-electron chi connectivity index (χ2n) is 5.57. The summed E-state index contributed by atoms with van der Waals surface area (Å²) in [6.07, 6.45) is 5.62. The van der Waals surface area contributed by atoms with Gasteiger partial charge >= 0.3 is 0 Å². The van der Waals surface area contributed by atoms with E-state index in [-0.39, 0.29) is 17.2 Å². The first-order valence-electron chi connectivity index (χ1n) is 6.95. The molecule has 1 aromatic rings. The van der Waals surface area contributed by atoms with Crippen LogP contribution < -0.4 is 10.1 Å². The molecule has 0 bridgehead atoms. The van der Waals surface area contributed by atoms with Gasteiger partial charge in [0.15, 0.2) is 11.6 Å². The number of benzene rings is 1. The summed E-state index contributed by atoms with van der Waals surface area (Å²) < 4.78 is 24.5. The third kappa shape index (κ3) is 2.54. The maximum atomic E-state index is 13.6. The van der Waals surface area contributed by atoms with Gasteiger partial charge in [0.1, 0.15) is 0 Å². The van der Waals surface area contributed by atoms with E-state index in [1.165, 1.54) is 32.4 Å². The first-order valence-corrected chi connectivity index (χ1v) is 6.95. The van der Waals surface area contributed by atoms with E-state index in [1.807, 2.05) is 6.07 Å². The number of rotatable bonds is 3. The van der Waals surface area contributed by atoms with Crippen LogP contribution in [0.1, 0.15) is 32.1 Å². The standard InChI is InChI=1S/C15H20FNO2/c1-18-14-4-3-11(9-13(14)16)17-12-5-8-19-15(10-12)6-2-7-15/h3-4,9,12,17H,2,5-8,10H2,1H3. The van der Waals surface area contributed by atoms with Crippen molar-refractivity contribution in [1.82, 2.24) is 0 Å². The molecule has 0 amide bonds. The van der Waals surface area contributed by atoms with E-state index < -0.39 is 0 Å². The van der Waals surface area contributed by atoms with Crippen molar-refractivity contribution in [3.05, 3.63) is 24.0 Å². The molecule has 3 rings (SSSR count). The Kier molecular flexibility index (Phi) is 3.35. The molecule has 1 N–H and O–H groups in total. The van der Waals surface area contributed by atoms with E-state index in [0.29, 0.717) is 6.04 Å². The van der Waals surface area contributed by atoms with Gasteiger partial charge in [0.05, 0.1) is 12.7 Å². The van der Waals surface area contributed by atoms with Crippen molar-refractivity contribution in [1.29, 1.82) is 0 Å². The summed E-state index contributed by atoms with van der Waals surface area (Å²) in [7, 11) is 1.48. The van der Waals surface area contributed by atoms with Gasteiger partial charge < -0.3 is 14.8 Å². The smallest absolute Gasteiger partial charge is 0.167 e. The molecule has 104 valence electrons. The van der Waals surface area contributed by atoms with Gasteiger partial charge in [0, 0.05) is 24.4 Å². The highest BCUT2D eigenvalue weighted by Crippen LogP contribution is 2.42. The molecule has 3 nitrogen and oxygen atoms in total. The van der Waals surface area contributed by atoms with Crippen LogP contribution in [-0.2, 0) is 4.74 Å². The average molecular weight is 265 g/mol. The molecule has 1 saturated carbocycles. The largest absolute Gasteiger partial charge is 0.494 e. The zero-order valence-corrected chi connectivity index (χ0v) is 11.2. The monoisotopic (exact) mass is 265 g/mol. The Morgan fingerprint density at radius 3 is 2.89 bits per heavy atom. The molecule has 1 heterocycles. The van der Waals surface area contributed by atoms with Crippen LogP contribution in [0, 0.1) is 5.82 Å². The molecule has 2 fully saturated rings. The molecule has 1 aromatic carbocycles. The Morgan fingerprint density at radius 2 is 2.26 bits per heavy atom. The molecule has 2 aliphatic rings. The minimum Gasteiger partial charge on any atom is -0.494 e. The number of hydrogen-bond acceptors (Lipinski definition) is 3. The molecular weight excluding hydrogens is 245 g/mol. The lowest BCUT2D eigenvalue weighted by Gasteiger charge is -2.47. The van der Waals surface area contributed by atoms with Crippen LogP contribution >= 0.6 is 0 Å². The number of anilines is 1. The van der Waals surface area contributed by atoms with Crippen LogP contribution in [0.3, 0.4) is 0 Å². The first kappa shape index (κ1) is 12.7. The maximum absolute atomic E-state index is 13.6. The molecule has 1 unspecified atom stereocenters. The highest BCUT2D eigenvalue weighted by molar-refractivity contribution is 5.48. The van der Waals surface area contributed by atoms with Gasteiger partial charge in [-0.25, -0.2) is 4.39 Å². The molecule has 1 atom stereocenters. The molecule has 4 heteroatoms. The fourth-order valence-corrected chi connectivity index (χ4v) is 3.06. The summed E-state index contributed by atoms with van der Waals surface area (Å²) in [4.78, 5) is 0. The van der Waals surface area contributed by atoms with E-state index in [4.69, 9.17) is 9.47 Å². The summed E-state index contributed by atoms with van der Waals surface area (Å²) in [5.41, 5.74) is 0.931. The highest BCUT2D eigenvalue weighted by atomic mass is 19.1. The average Bonchev–Trinajstić information content (AvgIpc) is 2.37. The second-order valence-corrected chi connectivity index (χ2v) is 5.57. The molecule has 0 radical (unpaired) electrons. The molecule has 1 aliphatic carbocycles. The normalized spacial score (nSPS) is 24.8. The van der Waals surface area contributed by atoms with Crippen molar-refractivity contribution in [3.8, 4) is 5.75 Å². The molecular formula is C15H20FNO2. The van der Waals surface area contributed by atoms with Crippen LogP contribution in [0.5, 0.6) is 5.75 Å². The first-order chi connectivity index (χ1) is 9.21. The molecule has 1 aliphatic heterocycles. The van der Waals surface area contributed by atoms with E-state index in [9.17, 15) is 4.39 Å². The maximum Gasteiger partial charge on any atom is 0.167 e. The lowest BCUT2D eigenvalue weighted by Crippen LogP contribution is -2.49. The summed E-state index contributed by atoms with van der Waals surface area (Å²) in [6, 6.07) is 5.41. The van der Waals surface area contributed by atoms with E-state index in [0.717, 1.165) is 25.1 Å². The molecule has 1 spiro atoms. The van der Waals surface area contributed by atoms with Gasteiger partial charge in [-0.15, -0.1) is 0 Å². The van der Waals surface area contributed by atoms with Crippen LogP contribution in [0.15, 0.2) is 18.2 Å². The summed E-state index contributed by atoms with van der Waals surface area (Å²) in [6.45, 7) is 0.802. The molecule has 1 saturated heterocycles. The number of hydrogen-bond donors (Lipinski definition) is 1. The Balaban J connectivity index is 1.66. The minimum absolute atomic E-state index is 0.112. The lowest BCUT2D eigenvalue weighted by molar-refractivity contribution is -0.130. The van der Waals surface area contributed by atoms with Gasteiger partial charge in [-0.3, -0.25) is 0 Å². The van der Waals surface area contributed by atoms with Crippen molar-refractivity contribution in [3.63, 3.8) is 0 Å². The Morgan fingerprint density at radius 1 is 1.42 bits per heavy atom. The number of ether oxygens (including phenoxy) is 2. The topological polar surface area (TPSA) is 30.5 Å². The highest BCUT2D eigenvalue weighted by Gasteiger charge is 2.42. The van der Waals surface area contributed by atoms with Crippen molar-refractivity contribution in [2.24, 2.45) is 0 Å². The van der Waals surface area contributed by atoms with E-state index >= 15 is 0 Å². The second kappa shape index (κ2) is 5.00. The van der Waals surface area contributed by atoms with Gasteiger partial charge in [-0.05, 0) is 44.2 Å². The van der Waals surface area contributed by atoms with Crippen LogP contribution in [-0.4, -0.2) is 25.4 Å².